The monoisotopic (exact) mass is 343 g/mol. The zero-order chi connectivity index (χ0) is 19.0. The van der Waals surface area contributed by atoms with Gasteiger partial charge in [0, 0.05) is 12.4 Å². The fourth-order valence-electron chi connectivity index (χ4n) is 2.43. The van der Waals surface area contributed by atoms with E-state index in [4.69, 9.17) is 0 Å². The van der Waals surface area contributed by atoms with Gasteiger partial charge in [0.15, 0.2) is 5.65 Å². The van der Waals surface area contributed by atoms with Crippen molar-refractivity contribution in [3.63, 3.8) is 0 Å². The van der Waals surface area contributed by atoms with Gasteiger partial charge in [-0.25, -0.2) is 9.97 Å². The molecule has 6 heteroatoms. The molecule has 1 N–H and O–H groups in total. The number of hydrogen-bond acceptors (Lipinski definition) is 4. The topological polar surface area (TPSA) is 76.5 Å². The quantitative estimate of drug-likeness (QED) is 0.778. The minimum Gasteiger partial charge on any atom is -0.267 e. The molecule has 0 unspecified atom stereocenters. The molecule has 0 radical (unpaired) electrons. The SMILES string of the molecule is CC.CC.Cc1nc(C(C)C)c2c(=O)[nH]n(Cc3cccnc3)c2n1. The summed E-state index contributed by atoms with van der Waals surface area (Å²) in [6, 6.07) is 3.84. The molecule has 0 bridgehead atoms. The van der Waals surface area contributed by atoms with E-state index in [-0.39, 0.29) is 11.5 Å². The molecular weight excluding hydrogens is 314 g/mol. The van der Waals surface area contributed by atoms with Crippen molar-refractivity contribution >= 4 is 11.0 Å². The van der Waals surface area contributed by atoms with Gasteiger partial charge >= 0.3 is 0 Å². The average Bonchev–Trinajstić information content (AvgIpc) is 2.94. The largest absolute Gasteiger partial charge is 0.275 e. The predicted octanol–water partition coefficient (Wildman–Crippen LogP) is 4.05. The van der Waals surface area contributed by atoms with Crippen molar-refractivity contribution in [2.45, 2.75) is 60.9 Å². The molecule has 0 aromatic carbocycles. The van der Waals surface area contributed by atoms with E-state index in [2.05, 4.69) is 20.1 Å². The Morgan fingerprint density at radius 3 is 2.40 bits per heavy atom. The smallest absolute Gasteiger partial charge is 0.267 e. The molecule has 0 aliphatic carbocycles. The van der Waals surface area contributed by atoms with Crippen LogP contribution in [-0.2, 0) is 6.54 Å². The van der Waals surface area contributed by atoms with Crippen LogP contribution in [-0.4, -0.2) is 24.7 Å². The van der Waals surface area contributed by atoms with E-state index in [0.29, 0.717) is 23.4 Å². The third kappa shape index (κ3) is 4.75. The molecule has 6 nitrogen and oxygen atoms in total. The van der Waals surface area contributed by atoms with Gasteiger partial charge in [0.25, 0.3) is 5.56 Å². The van der Waals surface area contributed by atoms with Crippen LogP contribution in [0.25, 0.3) is 11.0 Å². The van der Waals surface area contributed by atoms with Gasteiger partial charge in [-0.2, -0.15) is 0 Å². The number of aryl methyl sites for hydroxylation is 1. The van der Waals surface area contributed by atoms with E-state index in [0.717, 1.165) is 11.3 Å². The number of pyridine rings is 1. The van der Waals surface area contributed by atoms with Crippen molar-refractivity contribution < 1.29 is 0 Å². The molecule has 0 aliphatic rings. The number of hydrogen-bond donors (Lipinski definition) is 1. The minimum absolute atomic E-state index is 0.141. The fourth-order valence-corrected chi connectivity index (χ4v) is 2.43. The normalized spacial score (nSPS) is 10.1. The first-order chi connectivity index (χ1) is 12.1. The maximum absolute atomic E-state index is 12.3. The van der Waals surface area contributed by atoms with Crippen LogP contribution in [0.4, 0.5) is 0 Å². The predicted molar refractivity (Wildman–Crippen MR) is 103 cm³/mol. The number of nitrogens with zero attached hydrogens (tertiary/aromatic N) is 4. The summed E-state index contributed by atoms with van der Waals surface area (Å²) in [5.41, 5.74) is 2.31. The number of nitrogens with one attached hydrogen (secondary N) is 1. The lowest BCUT2D eigenvalue weighted by atomic mass is 10.1. The third-order valence-corrected chi connectivity index (χ3v) is 3.36. The highest BCUT2D eigenvalue weighted by Gasteiger charge is 2.17. The highest BCUT2D eigenvalue weighted by Crippen LogP contribution is 2.20. The van der Waals surface area contributed by atoms with Crippen molar-refractivity contribution in [3.05, 3.63) is 52.0 Å². The number of fused-ring (bicyclic) bond motifs is 1. The molecule has 0 saturated heterocycles. The first-order valence-electron chi connectivity index (χ1n) is 8.92. The lowest BCUT2D eigenvalue weighted by molar-refractivity contribution is 0.691. The van der Waals surface area contributed by atoms with Gasteiger partial charge in [-0.3, -0.25) is 19.6 Å². The molecule has 3 aromatic heterocycles. The zero-order valence-electron chi connectivity index (χ0n) is 16.3. The van der Waals surface area contributed by atoms with Gasteiger partial charge in [0.05, 0.1) is 12.2 Å². The molecule has 136 valence electrons. The van der Waals surface area contributed by atoms with E-state index in [1.54, 1.807) is 17.1 Å². The van der Waals surface area contributed by atoms with E-state index in [1.165, 1.54) is 0 Å². The van der Waals surface area contributed by atoms with Gasteiger partial charge in [-0.15, -0.1) is 0 Å². The lowest BCUT2D eigenvalue weighted by Gasteiger charge is -2.08. The van der Waals surface area contributed by atoms with E-state index >= 15 is 0 Å². The molecular formula is C19H29N5O. The lowest BCUT2D eigenvalue weighted by Crippen LogP contribution is -2.07. The van der Waals surface area contributed by atoms with Crippen molar-refractivity contribution in [2.75, 3.05) is 0 Å². The van der Waals surface area contributed by atoms with Crippen molar-refractivity contribution in [1.29, 1.82) is 0 Å². The fraction of sp³-hybridized carbons (Fsp3) is 0.474. The van der Waals surface area contributed by atoms with Crippen LogP contribution in [0, 0.1) is 6.92 Å². The molecule has 0 amide bonds. The van der Waals surface area contributed by atoms with Gasteiger partial charge in [-0.05, 0) is 24.5 Å². The average molecular weight is 343 g/mol. The Kier molecular flexibility index (Phi) is 7.98. The second kappa shape index (κ2) is 9.71. The van der Waals surface area contributed by atoms with Crippen molar-refractivity contribution in [2.24, 2.45) is 0 Å². The number of rotatable bonds is 3. The maximum atomic E-state index is 12.3. The summed E-state index contributed by atoms with van der Waals surface area (Å²) in [4.78, 5) is 25.2. The molecule has 0 aliphatic heterocycles. The van der Waals surface area contributed by atoms with Crippen LogP contribution in [0.3, 0.4) is 0 Å². The van der Waals surface area contributed by atoms with Crippen LogP contribution in [0.1, 0.15) is 64.5 Å². The molecule has 3 aromatic rings. The van der Waals surface area contributed by atoms with E-state index in [1.807, 2.05) is 60.6 Å². The van der Waals surface area contributed by atoms with Crippen molar-refractivity contribution in [3.8, 4) is 0 Å². The van der Waals surface area contributed by atoms with Gasteiger partial charge in [0.2, 0.25) is 0 Å². The Balaban J connectivity index is 0.000000730. The first-order valence-corrected chi connectivity index (χ1v) is 8.92. The Bertz CT molecular complexity index is 834. The van der Waals surface area contributed by atoms with E-state index in [9.17, 15) is 4.79 Å². The van der Waals surface area contributed by atoms with Gasteiger partial charge < -0.3 is 0 Å². The summed E-state index contributed by atoms with van der Waals surface area (Å²) >= 11 is 0. The number of H-pyrrole nitrogens is 1. The summed E-state index contributed by atoms with van der Waals surface area (Å²) in [7, 11) is 0. The summed E-state index contributed by atoms with van der Waals surface area (Å²) in [5, 5.41) is 3.44. The van der Waals surface area contributed by atoms with Crippen LogP contribution >= 0.6 is 0 Å². The standard InChI is InChI=1S/C15H17N5O.2C2H6/c1-9(2)13-12-14(18-10(3)17-13)20(19-15(12)21)8-11-5-4-6-16-7-11;2*1-2/h4-7,9H,8H2,1-3H3,(H,19,21);2*1-2H3. The summed E-state index contributed by atoms with van der Waals surface area (Å²) in [5.74, 6) is 0.842. The summed E-state index contributed by atoms with van der Waals surface area (Å²) in [6.07, 6.45) is 3.50. The third-order valence-electron chi connectivity index (χ3n) is 3.36. The Labute approximate surface area is 149 Å². The Morgan fingerprint density at radius 1 is 1.16 bits per heavy atom. The van der Waals surface area contributed by atoms with E-state index < -0.39 is 0 Å². The van der Waals surface area contributed by atoms with Gasteiger partial charge in [0.1, 0.15) is 11.2 Å². The van der Waals surface area contributed by atoms with Crippen LogP contribution in [0.5, 0.6) is 0 Å². The highest BCUT2D eigenvalue weighted by atomic mass is 16.1. The number of aromatic amines is 1. The molecule has 3 heterocycles. The summed E-state index contributed by atoms with van der Waals surface area (Å²) in [6.45, 7) is 14.4. The van der Waals surface area contributed by atoms with Gasteiger partial charge in [-0.1, -0.05) is 47.6 Å². The first kappa shape index (κ1) is 20.5. The van der Waals surface area contributed by atoms with Crippen molar-refractivity contribution in [1.82, 2.24) is 24.7 Å². The Morgan fingerprint density at radius 2 is 1.84 bits per heavy atom. The molecule has 0 fully saturated rings. The van der Waals surface area contributed by atoms with Crippen LogP contribution < -0.4 is 5.56 Å². The van der Waals surface area contributed by atoms with Crippen LogP contribution in [0.15, 0.2) is 29.3 Å². The molecule has 0 spiro atoms. The minimum atomic E-state index is -0.141. The second-order valence-corrected chi connectivity index (χ2v) is 5.40. The molecule has 3 rings (SSSR count). The molecule has 25 heavy (non-hydrogen) atoms. The maximum Gasteiger partial charge on any atom is 0.275 e. The number of aromatic nitrogens is 5. The molecule has 0 atom stereocenters. The summed E-state index contributed by atoms with van der Waals surface area (Å²) < 4.78 is 1.76. The highest BCUT2D eigenvalue weighted by molar-refractivity contribution is 5.77. The second-order valence-electron chi connectivity index (χ2n) is 5.40. The van der Waals surface area contributed by atoms with Crippen LogP contribution in [0.2, 0.25) is 0 Å². The zero-order valence-corrected chi connectivity index (χ0v) is 16.3. The molecule has 0 saturated carbocycles. The Hall–Kier alpha value is -2.50.